The van der Waals surface area contributed by atoms with Gasteiger partial charge >= 0.3 is 0 Å². The highest BCUT2D eigenvalue weighted by Crippen LogP contribution is 2.26. The third-order valence-corrected chi connectivity index (χ3v) is 5.00. The van der Waals surface area contributed by atoms with Crippen molar-refractivity contribution in [2.24, 2.45) is 0 Å². The molecule has 1 aromatic carbocycles. The van der Waals surface area contributed by atoms with E-state index in [9.17, 15) is 4.79 Å². The summed E-state index contributed by atoms with van der Waals surface area (Å²) in [7, 11) is 0. The van der Waals surface area contributed by atoms with Gasteiger partial charge in [0.15, 0.2) is 5.13 Å². The van der Waals surface area contributed by atoms with E-state index in [0.717, 1.165) is 15.1 Å². The summed E-state index contributed by atoms with van der Waals surface area (Å²) in [6.07, 6.45) is 0. The maximum absolute atomic E-state index is 11.9. The van der Waals surface area contributed by atoms with E-state index in [2.05, 4.69) is 47.0 Å². The monoisotopic (exact) mass is 384 g/mol. The van der Waals surface area contributed by atoms with Gasteiger partial charge in [-0.05, 0) is 24.3 Å². The zero-order valence-corrected chi connectivity index (χ0v) is 15.4. The van der Waals surface area contributed by atoms with Crippen LogP contribution in [0.2, 0.25) is 0 Å². The van der Waals surface area contributed by atoms with Crippen LogP contribution in [0, 0.1) is 0 Å². The number of thioether (sulfide) groups is 1. The van der Waals surface area contributed by atoms with E-state index < -0.39 is 0 Å². The Bertz CT molecular complexity index is 617. The molecule has 6 heteroatoms. The van der Waals surface area contributed by atoms with Crippen molar-refractivity contribution in [3.8, 4) is 0 Å². The predicted octanol–water partition coefficient (Wildman–Crippen LogP) is 4.93. The Morgan fingerprint density at radius 1 is 1.33 bits per heavy atom. The third-order valence-electron chi connectivity index (χ3n) is 2.70. The first kappa shape index (κ1) is 16.5. The first-order valence-corrected chi connectivity index (χ1v) is 9.14. The van der Waals surface area contributed by atoms with Crippen molar-refractivity contribution in [2.75, 3.05) is 11.1 Å². The molecule has 0 radical (unpaired) electrons. The molecule has 0 bridgehead atoms. The fraction of sp³-hybridized carbons (Fsp3) is 0.333. The van der Waals surface area contributed by atoms with Crippen molar-refractivity contribution < 1.29 is 4.79 Å². The summed E-state index contributed by atoms with van der Waals surface area (Å²) in [6.45, 7) is 6.32. The van der Waals surface area contributed by atoms with E-state index in [-0.39, 0.29) is 11.3 Å². The molecule has 1 aromatic heterocycles. The van der Waals surface area contributed by atoms with Crippen molar-refractivity contribution in [3.63, 3.8) is 0 Å². The summed E-state index contributed by atoms with van der Waals surface area (Å²) in [5, 5.41) is 5.52. The van der Waals surface area contributed by atoms with Crippen LogP contribution in [0.1, 0.15) is 26.5 Å². The normalized spacial score (nSPS) is 11.4. The summed E-state index contributed by atoms with van der Waals surface area (Å²) in [6, 6.07) is 7.92. The number of carbonyl (C=O) groups excluding carboxylic acids is 1. The fourth-order valence-electron chi connectivity index (χ4n) is 1.51. The minimum Gasteiger partial charge on any atom is -0.301 e. The zero-order chi connectivity index (χ0) is 15.5. The largest absolute Gasteiger partial charge is 0.301 e. The smallest absolute Gasteiger partial charge is 0.236 e. The Morgan fingerprint density at radius 3 is 2.57 bits per heavy atom. The molecule has 0 saturated heterocycles. The number of nitrogens with zero attached hydrogens (tertiary/aromatic N) is 1. The molecule has 0 aliphatic carbocycles. The topological polar surface area (TPSA) is 42.0 Å². The number of nitrogens with one attached hydrogen (secondary N) is 1. The van der Waals surface area contributed by atoms with Gasteiger partial charge in [0.05, 0.1) is 11.4 Å². The molecule has 1 amide bonds. The number of benzene rings is 1. The van der Waals surface area contributed by atoms with Gasteiger partial charge in [-0.15, -0.1) is 23.1 Å². The number of rotatable bonds is 4. The van der Waals surface area contributed by atoms with Gasteiger partial charge in [-0.2, -0.15) is 0 Å². The highest BCUT2D eigenvalue weighted by molar-refractivity contribution is 9.10. The van der Waals surface area contributed by atoms with Crippen molar-refractivity contribution in [1.29, 1.82) is 0 Å². The van der Waals surface area contributed by atoms with Crippen LogP contribution in [0.4, 0.5) is 5.13 Å². The molecule has 0 spiro atoms. The van der Waals surface area contributed by atoms with Gasteiger partial charge in [0.25, 0.3) is 0 Å². The zero-order valence-electron chi connectivity index (χ0n) is 12.1. The maximum atomic E-state index is 11.9. The van der Waals surface area contributed by atoms with Gasteiger partial charge in [-0.1, -0.05) is 36.7 Å². The molecular formula is C15H17BrN2OS2. The van der Waals surface area contributed by atoms with Crippen LogP contribution in [-0.2, 0) is 10.2 Å². The van der Waals surface area contributed by atoms with Crippen molar-refractivity contribution in [1.82, 2.24) is 4.98 Å². The van der Waals surface area contributed by atoms with Crippen LogP contribution in [0.25, 0.3) is 0 Å². The molecule has 0 atom stereocenters. The standard InChI is InChI=1S/C15H17BrN2OS2/c1-15(2,3)12-8-21-14(17-12)18-13(19)9-20-11-6-4-10(16)5-7-11/h4-8H,9H2,1-3H3,(H,17,18,19). The van der Waals surface area contributed by atoms with Gasteiger partial charge < -0.3 is 5.32 Å². The Kier molecular flexibility index (Phi) is 5.46. The first-order chi connectivity index (χ1) is 9.84. The maximum Gasteiger partial charge on any atom is 0.236 e. The first-order valence-electron chi connectivity index (χ1n) is 6.49. The van der Waals surface area contributed by atoms with Crippen LogP contribution >= 0.6 is 39.0 Å². The molecule has 112 valence electrons. The van der Waals surface area contributed by atoms with Crippen LogP contribution in [0.3, 0.4) is 0 Å². The number of carbonyl (C=O) groups is 1. The number of halogens is 1. The second kappa shape index (κ2) is 6.94. The lowest BCUT2D eigenvalue weighted by molar-refractivity contribution is -0.113. The Morgan fingerprint density at radius 2 is 2.00 bits per heavy atom. The molecule has 0 unspecified atom stereocenters. The summed E-state index contributed by atoms with van der Waals surface area (Å²) < 4.78 is 1.04. The van der Waals surface area contributed by atoms with E-state index in [1.807, 2.05) is 29.6 Å². The molecule has 0 aliphatic rings. The van der Waals surface area contributed by atoms with Crippen molar-refractivity contribution >= 4 is 50.1 Å². The number of aromatic nitrogens is 1. The van der Waals surface area contributed by atoms with Crippen molar-refractivity contribution in [3.05, 3.63) is 39.8 Å². The molecule has 21 heavy (non-hydrogen) atoms. The van der Waals surface area contributed by atoms with E-state index in [4.69, 9.17) is 0 Å². The van der Waals surface area contributed by atoms with Gasteiger partial charge in [0.2, 0.25) is 5.91 Å². The highest BCUT2D eigenvalue weighted by atomic mass is 79.9. The third kappa shape index (κ3) is 5.13. The van der Waals surface area contributed by atoms with Crippen LogP contribution in [-0.4, -0.2) is 16.6 Å². The molecule has 0 fully saturated rings. The Balaban J connectivity index is 1.87. The average Bonchev–Trinajstić information content (AvgIpc) is 2.86. The van der Waals surface area contributed by atoms with Crippen LogP contribution < -0.4 is 5.32 Å². The summed E-state index contributed by atoms with van der Waals surface area (Å²) in [5.41, 5.74) is 1.01. The molecule has 0 aliphatic heterocycles. The van der Waals surface area contributed by atoms with Gasteiger partial charge in [-0.25, -0.2) is 4.98 Å². The van der Waals surface area contributed by atoms with Crippen LogP contribution in [0.5, 0.6) is 0 Å². The Hall–Kier alpha value is -0.850. The van der Waals surface area contributed by atoms with E-state index in [1.54, 1.807) is 0 Å². The number of hydrogen-bond donors (Lipinski definition) is 1. The molecule has 1 N–H and O–H groups in total. The van der Waals surface area contributed by atoms with Gasteiger partial charge in [0, 0.05) is 20.2 Å². The van der Waals surface area contributed by atoms with E-state index in [1.165, 1.54) is 23.1 Å². The average molecular weight is 385 g/mol. The summed E-state index contributed by atoms with van der Waals surface area (Å²) >= 11 is 6.38. The minimum absolute atomic E-state index is 0.00561. The molecule has 3 nitrogen and oxygen atoms in total. The lowest BCUT2D eigenvalue weighted by atomic mass is 9.93. The number of hydrogen-bond acceptors (Lipinski definition) is 4. The SMILES string of the molecule is CC(C)(C)c1csc(NC(=O)CSc2ccc(Br)cc2)n1. The predicted molar refractivity (Wildman–Crippen MR) is 94.3 cm³/mol. The lowest BCUT2D eigenvalue weighted by Crippen LogP contribution is -2.15. The summed E-state index contributed by atoms with van der Waals surface area (Å²) in [4.78, 5) is 17.5. The van der Waals surface area contributed by atoms with E-state index >= 15 is 0 Å². The molecule has 2 aromatic rings. The molecule has 0 saturated carbocycles. The van der Waals surface area contributed by atoms with E-state index in [0.29, 0.717) is 10.9 Å². The second-order valence-electron chi connectivity index (χ2n) is 5.58. The number of amides is 1. The van der Waals surface area contributed by atoms with Crippen molar-refractivity contribution in [2.45, 2.75) is 31.1 Å². The minimum atomic E-state index is -0.0299. The molecule has 1 heterocycles. The second-order valence-corrected chi connectivity index (χ2v) is 8.40. The van der Waals surface area contributed by atoms with Gasteiger partial charge in [-0.3, -0.25) is 4.79 Å². The van der Waals surface area contributed by atoms with Gasteiger partial charge in [0.1, 0.15) is 0 Å². The molecule has 2 rings (SSSR count). The highest BCUT2D eigenvalue weighted by Gasteiger charge is 2.18. The Labute approximate surface area is 141 Å². The number of thiazole rings is 1. The number of anilines is 1. The fourth-order valence-corrected chi connectivity index (χ4v) is 3.43. The summed E-state index contributed by atoms with van der Waals surface area (Å²) in [5.74, 6) is 0.351. The van der Waals surface area contributed by atoms with Crippen LogP contribution in [0.15, 0.2) is 39.0 Å². The lowest BCUT2D eigenvalue weighted by Gasteiger charge is -2.14. The quantitative estimate of drug-likeness (QED) is 0.759. The molecular weight excluding hydrogens is 368 g/mol.